The van der Waals surface area contributed by atoms with E-state index in [-0.39, 0.29) is 0 Å². The molecule has 26 heavy (non-hydrogen) atoms. The molecule has 1 rings (SSSR count). The highest BCUT2D eigenvalue weighted by Gasteiger charge is 2.14. The second-order valence-corrected chi connectivity index (χ2v) is 7.88. The molecule has 0 N–H and O–H groups in total. The number of nitrogens with zero attached hydrogens (tertiary/aromatic N) is 2. The van der Waals surface area contributed by atoms with Crippen molar-refractivity contribution in [3.8, 4) is 0 Å². The van der Waals surface area contributed by atoms with Crippen LogP contribution < -0.4 is 9.80 Å². The summed E-state index contributed by atoms with van der Waals surface area (Å²) >= 11 is 12.6. The van der Waals surface area contributed by atoms with Gasteiger partial charge in [0.2, 0.25) is 0 Å². The lowest BCUT2D eigenvalue weighted by Gasteiger charge is -2.27. The Morgan fingerprint density at radius 3 is 1.35 bits per heavy atom. The topological polar surface area (TPSA) is 6.48 Å². The molecule has 0 unspecified atom stereocenters. The number of hydrogen-bond acceptors (Lipinski definition) is 2. The zero-order valence-electron chi connectivity index (χ0n) is 17.3. The summed E-state index contributed by atoms with van der Waals surface area (Å²) in [5, 5.41) is 0. The van der Waals surface area contributed by atoms with E-state index in [4.69, 9.17) is 23.2 Å². The lowest BCUT2D eigenvalue weighted by molar-refractivity contribution is 0.659. The van der Waals surface area contributed by atoms with Gasteiger partial charge in [0, 0.05) is 50.3 Å². The highest BCUT2D eigenvalue weighted by molar-refractivity contribution is 6.18. The average Bonchev–Trinajstić information content (AvgIpc) is 2.67. The van der Waals surface area contributed by atoms with Crippen LogP contribution in [0.2, 0.25) is 0 Å². The molecule has 1 aromatic carbocycles. The van der Waals surface area contributed by atoms with E-state index in [1.807, 2.05) is 0 Å². The number of hydrogen-bond donors (Lipinski definition) is 0. The van der Waals surface area contributed by atoms with Crippen LogP contribution in [0.25, 0.3) is 0 Å². The van der Waals surface area contributed by atoms with Crippen molar-refractivity contribution >= 4 is 34.6 Å². The Hall–Kier alpha value is -0.600. The predicted octanol–water partition coefficient (Wildman–Crippen LogP) is 7.20. The van der Waals surface area contributed by atoms with Gasteiger partial charge >= 0.3 is 0 Å². The molecule has 1 aromatic rings. The fraction of sp³-hybridized carbons (Fsp3) is 0.727. The summed E-state index contributed by atoms with van der Waals surface area (Å²) in [6.45, 7) is 6.63. The van der Waals surface area contributed by atoms with Crippen LogP contribution in [-0.2, 0) is 11.8 Å². The van der Waals surface area contributed by atoms with Crippen molar-refractivity contribution in [1.29, 1.82) is 0 Å². The molecular formula is C22H38Cl2N2. The van der Waals surface area contributed by atoms with Gasteiger partial charge in [0.1, 0.15) is 0 Å². The van der Waals surface area contributed by atoms with Gasteiger partial charge in [-0.2, -0.15) is 0 Å². The molecule has 0 radical (unpaired) electrons. The van der Waals surface area contributed by atoms with Crippen molar-refractivity contribution < 1.29 is 0 Å². The molecule has 0 aromatic heterocycles. The van der Waals surface area contributed by atoms with Gasteiger partial charge in [-0.15, -0.1) is 23.2 Å². The smallest absolute Gasteiger partial charge is 0.0495 e. The van der Waals surface area contributed by atoms with E-state index in [1.54, 1.807) is 0 Å². The molecule has 0 saturated heterocycles. The number of halogens is 2. The molecule has 0 bridgehead atoms. The summed E-state index contributed by atoms with van der Waals surface area (Å²) in [6, 6.07) is 4.50. The fourth-order valence-electron chi connectivity index (χ4n) is 3.38. The van der Waals surface area contributed by atoms with Gasteiger partial charge in [-0.05, 0) is 36.1 Å². The monoisotopic (exact) mass is 400 g/mol. The van der Waals surface area contributed by atoms with E-state index in [2.05, 4.69) is 49.9 Å². The first kappa shape index (κ1) is 23.4. The number of rotatable bonds is 14. The maximum atomic E-state index is 6.30. The Morgan fingerprint density at radius 1 is 0.654 bits per heavy atom. The van der Waals surface area contributed by atoms with Crippen LogP contribution >= 0.6 is 23.2 Å². The van der Waals surface area contributed by atoms with Gasteiger partial charge in [-0.3, -0.25) is 0 Å². The Labute approximate surface area is 171 Å². The molecule has 150 valence electrons. The molecule has 0 saturated carbocycles. The van der Waals surface area contributed by atoms with E-state index in [0.29, 0.717) is 11.8 Å². The molecule has 0 aliphatic carbocycles. The summed E-state index contributed by atoms with van der Waals surface area (Å²) < 4.78 is 0. The second-order valence-electron chi connectivity index (χ2n) is 7.34. The van der Waals surface area contributed by atoms with E-state index < -0.39 is 0 Å². The van der Waals surface area contributed by atoms with Gasteiger partial charge in [-0.1, -0.05) is 52.4 Å². The third-order valence-electron chi connectivity index (χ3n) is 5.08. The summed E-state index contributed by atoms with van der Waals surface area (Å²) in [5.41, 5.74) is 4.87. The molecular weight excluding hydrogens is 363 g/mol. The highest BCUT2D eigenvalue weighted by Crippen LogP contribution is 2.32. The number of unbranched alkanes of at least 4 members (excludes halogenated alkanes) is 6. The van der Waals surface area contributed by atoms with Crippen molar-refractivity contribution in [3.63, 3.8) is 0 Å². The van der Waals surface area contributed by atoms with Crippen LogP contribution in [0.5, 0.6) is 0 Å². The van der Waals surface area contributed by atoms with Crippen molar-refractivity contribution in [1.82, 2.24) is 0 Å². The van der Waals surface area contributed by atoms with Gasteiger partial charge in [0.25, 0.3) is 0 Å². The third-order valence-corrected chi connectivity index (χ3v) is 5.66. The van der Waals surface area contributed by atoms with Crippen LogP contribution in [-0.4, -0.2) is 27.2 Å². The summed E-state index contributed by atoms with van der Waals surface area (Å²) in [4.78, 5) is 4.68. The lowest BCUT2D eigenvalue weighted by atomic mass is 10.1. The number of alkyl halides is 2. The van der Waals surface area contributed by atoms with E-state index in [1.165, 1.54) is 73.9 Å². The van der Waals surface area contributed by atoms with E-state index >= 15 is 0 Å². The Morgan fingerprint density at radius 2 is 1.04 bits per heavy atom. The van der Waals surface area contributed by atoms with Crippen LogP contribution in [0.1, 0.15) is 76.3 Å². The van der Waals surface area contributed by atoms with Crippen molar-refractivity contribution in [2.75, 3.05) is 37.0 Å². The zero-order valence-corrected chi connectivity index (χ0v) is 18.8. The second kappa shape index (κ2) is 13.6. The molecule has 0 aliphatic rings. The van der Waals surface area contributed by atoms with Gasteiger partial charge < -0.3 is 9.80 Å². The molecule has 2 nitrogen and oxygen atoms in total. The van der Waals surface area contributed by atoms with Gasteiger partial charge in [0.05, 0.1) is 0 Å². The molecule has 0 atom stereocenters. The largest absolute Gasteiger partial charge is 0.374 e. The van der Waals surface area contributed by atoms with Crippen molar-refractivity contribution in [2.45, 2.75) is 77.0 Å². The molecule has 0 amide bonds. The zero-order chi connectivity index (χ0) is 19.4. The molecule has 0 fully saturated rings. The van der Waals surface area contributed by atoms with E-state index in [0.717, 1.165) is 13.1 Å². The minimum absolute atomic E-state index is 0.536. The van der Waals surface area contributed by atoms with Gasteiger partial charge in [-0.25, -0.2) is 0 Å². The maximum Gasteiger partial charge on any atom is 0.0495 e. The minimum Gasteiger partial charge on any atom is -0.374 e. The first-order valence-electron chi connectivity index (χ1n) is 10.3. The maximum absolute atomic E-state index is 6.30. The Balaban J connectivity index is 2.88. The average molecular weight is 401 g/mol. The van der Waals surface area contributed by atoms with Crippen LogP contribution in [0.15, 0.2) is 12.1 Å². The third kappa shape index (κ3) is 7.56. The fourth-order valence-corrected chi connectivity index (χ4v) is 3.81. The predicted molar refractivity (Wildman–Crippen MR) is 120 cm³/mol. The Bertz CT molecular complexity index is 459. The Kier molecular flexibility index (Phi) is 12.2. The summed E-state index contributed by atoms with van der Waals surface area (Å²) in [5.74, 6) is 1.07. The standard InChI is InChI=1S/C22H38Cl2N2/c1-5-7-9-11-13-25(3)21-15-20(18-24)22(16-19(21)17-23)26(4)14-12-10-8-6-2/h15-16H,5-14,17-18H2,1-4H3. The lowest BCUT2D eigenvalue weighted by Crippen LogP contribution is -2.23. The van der Waals surface area contributed by atoms with Crippen LogP contribution in [0.3, 0.4) is 0 Å². The van der Waals surface area contributed by atoms with Crippen LogP contribution in [0.4, 0.5) is 11.4 Å². The first-order valence-corrected chi connectivity index (χ1v) is 11.4. The molecule has 0 aliphatic heterocycles. The number of benzene rings is 1. The SMILES string of the molecule is CCCCCCN(C)c1cc(CCl)c(N(C)CCCCCC)cc1CCl. The molecule has 4 heteroatoms. The van der Waals surface area contributed by atoms with Crippen molar-refractivity contribution in [2.24, 2.45) is 0 Å². The summed E-state index contributed by atoms with van der Waals surface area (Å²) in [6.07, 6.45) is 10.2. The van der Waals surface area contributed by atoms with Crippen LogP contribution in [0, 0.1) is 0 Å². The molecule has 0 heterocycles. The summed E-state index contributed by atoms with van der Waals surface area (Å²) in [7, 11) is 4.34. The highest BCUT2D eigenvalue weighted by atomic mass is 35.5. The minimum atomic E-state index is 0.536. The van der Waals surface area contributed by atoms with Crippen molar-refractivity contribution in [3.05, 3.63) is 23.3 Å². The first-order chi connectivity index (χ1) is 12.6. The number of anilines is 2. The van der Waals surface area contributed by atoms with E-state index in [9.17, 15) is 0 Å². The quantitative estimate of drug-likeness (QED) is 0.240. The molecule has 0 spiro atoms. The van der Waals surface area contributed by atoms with Gasteiger partial charge in [0.15, 0.2) is 0 Å². The normalized spacial score (nSPS) is 11.0.